The van der Waals surface area contributed by atoms with Crippen LogP contribution in [0, 0.1) is 0 Å². The maximum absolute atomic E-state index is 12.4. The summed E-state index contributed by atoms with van der Waals surface area (Å²) in [5.74, 6) is 0. The van der Waals surface area contributed by atoms with Crippen molar-refractivity contribution in [1.29, 1.82) is 0 Å². The maximum atomic E-state index is 12.4. The quantitative estimate of drug-likeness (QED) is 0.859. The molecule has 94 valence electrons. The highest BCUT2D eigenvalue weighted by molar-refractivity contribution is 9.10. The minimum absolute atomic E-state index is 0.170. The number of halogens is 1. The van der Waals surface area contributed by atoms with E-state index in [1.54, 1.807) is 28.6 Å². The molecule has 1 aliphatic heterocycles. The van der Waals surface area contributed by atoms with Crippen LogP contribution in [0.2, 0.25) is 0 Å². The van der Waals surface area contributed by atoms with Gasteiger partial charge in [0.05, 0.1) is 4.90 Å². The molecule has 17 heavy (non-hydrogen) atoms. The molecule has 0 bridgehead atoms. The van der Waals surface area contributed by atoms with Gasteiger partial charge in [0.2, 0.25) is 10.0 Å². The molecule has 0 spiro atoms. The van der Waals surface area contributed by atoms with E-state index < -0.39 is 10.0 Å². The summed E-state index contributed by atoms with van der Waals surface area (Å²) in [6.45, 7) is 2.69. The van der Waals surface area contributed by atoms with Crippen molar-refractivity contribution in [2.45, 2.75) is 37.1 Å². The number of sulfonamides is 1. The molecule has 1 aromatic rings. The van der Waals surface area contributed by atoms with Crippen LogP contribution in [-0.4, -0.2) is 25.3 Å². The van der Waals surface area contributed by atoms with E-state index in [0.717, 1.165) is 23.7 Å². The Balaban J connectivity index is 2.33. The van der Waals surface area contributed by atoms with Gasteiger partial charge in [-0.3, -0.25) is 0 Å². The first-order valence-corrected chi connectivity index (χ1v) is 8.06. The summed E-state index contributed by atoms with van der Waals surface area (Å²) in [5.41, 5.74) is 0. The largest absolute Gasteiger partial charge is 0.243 e. The van der Waals surface area contributed by atoms with Crippen LogP contribution >= 0.6 is 15.9 Å². The molecular formula is C12H16BrNO2S. The average Bonchev–Trinajstić information content (AvgIpc) is 2.78. The Morgan fingerprint density at radius 2 is 2.00 bits per heavy atom. The molecule has 5 heteroatoms. The van der Waals surface area contributed by atoms with Gasteiger partial charge in [-0.25, -0.2) is 8.42 Å². The van der Waals surface area contributed by atoms with Gasteiger partial charge in [0.15, 0.2) is 0 Å². The van der Waals surface area contributed by atoms with Crippen molar-refractivity contribution in [1.82, 2.24) is 4.31 Å². The molecule has 0 saturated carbocycles. The summed E-state index contributed by atoms with van der Waals surface area (Å²) < 4.78 is 27.4. The van der Waals surface area contributed by atoms with Crippen molar-refractivity contribution >= 4 is 26.0 Å². The highest BCUT2D eigenvalue weighted by atomic mass is 79.9. The molecule has 0 radical (unpaired) electrons. The lowest BCUT2D eigenvalue weighted by molar-refractivity contribution is 0.379. The zero-order chi connectivity index (χ0) is 12.5. The second-order valence-corrected chi connectivity index (χ2v) is 7.08. The summed E-state index contributed by atoms with van der Waals surface area (Å²) in [5, 5.41) is 0. The van der Waals surface area contributed by atoms with E-state index in [1.165, 1.54) is 0 Å². The van der Waals surface area contributed by atoms with Crippen LogP contribution < -0.4 is 0 Å². The zero-order valence-corrected chi connectivity index (χ0v) is 12.2. The fourth-order valence-electron chi connectivity index (χ4n) is 2.28. The summed E-state index contributed by atoms with van der Waals surface area (Å²) in [6, 6.07) is 7.02. The molecule has 1 aliphatic rings. The molecule has 2 rings (SSSR count). The van der Waals surface area contributed by atoms with Crippen LogP contribution in [0.3, 0.4) is 0 Å². The molecular weight excluding hydrogens is 302 g/mol. The predicted octanol–water partition coefficient (Wildman–Crippen LogP) is 3.01. The summed E-state index contributed by atoms with van der Waals surface area (Å²) in [6.07, 6.45) is 2.83. The lowest BCUT2D eigenvalue weighted by Crippen LogP contribution is -2.35. The third-order valence-electron chi connectivity index (χ3n) is 3.21. The van der Waals surface area contributed by atoms with Crippen molar-refractivity contribution in [2.75, 3.05) is 6.54 Å². The smallest absolute Gasteiger partial charge is 0.207 e. The lowest BCUT2D eigenvalue weighted by atomic mass is 10.2. The Bertz CT molecular complexity index is 484. The molecule has 0 aliphatic carbocycles. The number of hydrogen-bond acceptors (Lipinski definition) is 2. The van der Waals surface area contributed by atoms with Crippen molar-refractivity contribution in [3.63, 3.8) is 0 Å². The fourth-order valence-corrected chi connectivity index (χ4v) is 4.31. The van der Waals surface area contributed by atoms with E-state index >= 15 is 0 Å². The Morgan fingerprint density at radius 3 is 2.59 bits per heavy atom. The van der Waals surface area contributed by atoms with Gasteiger partial charge < -0.3 is 0 Å². The Labute approximate surface area is 111 Å². The highest BCUT2D eigenvalue weighted by Crippen LogP contribution is 2.28. The predicted molar refractivity (Wildman–Crippen MR) is 71.3 cm³/mol. The number of nitrogens with zero attached hydrogens (tertiary/aromatic N) is 1. The third kappa shape index (κ3) is 2.56. The van der Waals surface area contributed by atoms with Crippen molar-refractivity contribution in [3.8, 4) is 0 Å². The second-order valence-electron chi connectivity index (χ2n) is 4.27. The molecule has 1 atom stereocenters. The van der Waals surface area contributed by atoms with E-state index in [0.29, 0.717) is 11.4 Å². The Hall–Kier alpha value is -0.390. The van der Waals surface area contributed by atoms with Crippen molar-refractivity contribution in [2.24, 2.45) is 0 Å². The van der Waals surface area contributed by atoms with Gasteiger partial charge in [-0.05, 0) is 43.5 Å². The fraction of sp³-hybridized carbons (Fsp3) is 0.500. The molecule has 1 aromatic carbocycles. The first kappa shape index (κ1) is 13.1. The standard InChI is InChI=1S/C12H16BrNO2S/c1-2-11-4-3-9-14(11)17(15,16)12-7-5-10(13)6-8-12/h5-8,11H,2-4,9H2,1H3/t11-/m0/s1. The molecule has 1 fully saturated rings. The molecule has 0 aromatic heterocycles. The zero-order valence-electron chi connectivity index (χ0n) is 9.77. The van der Waals surface area contributed by atoms with Crippen LogP contribution in [0.1, 0.15) is 26.2 Å². The van der Waals surface area contributed by atoms with Crippen LogP contribution in [0.15, 0.2) is 33.6 Å². The topological polar surface area (TPSA) is 37.4 Å². The third-order valence-corrected chi connectivity index (χ3v) is 5.71. The number of rotatable bonds is 3. The minimum atomic E-state index is -3.30. The summed E-state index contributed by atoms with van der Waals surface area (Å²) in [7, 11) is -3.30. The number of benzene rings is 1. The minimum Gasteiger partial charge on any atom is -0.207 e. The molecule has 3 nitrogen and oxygen atoms in total. The lowest BCUT2D eigenvalue weighted by Gasteiger charge is -2.22. The van der Waals surface area contributed by atoms with E-state index in [2.05, 4.69) is 15.9 Å². The van der Waals surface area contributed by atoms with Gasteiger partial charge >= 0.3 is 0 Å². The van der Waals surface area contributed by atoms with Crippen molar-refractivity contribution in [3.05, 3.63) is 28.7 Å². The van der Waals surface area contributed by atoms with E-state index in [-0.39, 0.29) is 6.04 Å². The number of hydrogen-bond donors (Lipinski definition) is 0. The molecule has 0 N–H and O–H groups in total. The summed E-state index contributed by atoms with van der Waals surface area (Å²) in [4.78, 5) is 0.390. The molecule has 1 heterocycles. The van der Waals surface area contributed by atoms with Crippen molar-refractivity contribution < 1.29 is 8.42 Å². The van der Waals surface area contributed by atoms with Gasteiger partial charge in [-0.15, -0.1) is 0 Å². The monoisotopic (exact) mass is 317 g/mol. The molecule has 1 saturated heterocycles. The van der Waals surface area contributed by atoms with Gasteiger partial charge in [0.25, 0.3) is 0 Å². The van der Waals surface area contributed by atoms with Gasteiger partial charge in [-0.2, -0.15) is 4.31 Å². The maximum Gasteiger partial charge on any atom is 0.243 e. The van der Waals surface area contributed by atoms with Crippen LogP contribution in [-0.2, 0) is 10.0 Å². The van der Waals surface area contributed by atoms with E-state index in [9.17, 15) is 8.42 Å². The van der Waals surface area contributed by atoms with Gasteiger partial charge in [0, 0.05) is 17.1 Å². The highest BCUT2D eigenvalue weighted by Gasteiger charge is 2.33. The first-order valence-electron chi connectivity index (χ1n) is 5.83. The van der Waals surface area contributed by atoms with Crippen LogP contribution in [0.25, 0.3) is 0 Å². The first-order chi connectivity index (χ1) is 8.05. The van der Waals surface area contributed by atoms with Gasteiger partial charge in [0.1, 0.15) is 0 Å². The van der Waals surface area contributed by atoms with E-state index in [4.69, 9.17) is 0 Å². The normalized spacial score (nSPS) is 21.9. The van der Waals surface area contributed by atoms with Crippen LogP contribution in [0.4, 0.5) is 0 Å². The SMILES string of the molecule is CC[C@H]1CCCN1S(=O)(=O)c1ccc(Br)cc1. The Morgan fingerprint density at radius 1 is 1.35 bits per heavy atom. The van der Waals surface area contributed by atoms with E-state index in [1.807, 2.05) is 6.92 Å². The summed E-state index contributed by atoms with van der Waals surface area (Å²) >= 11 is 3.31. The average molecular weight is 318 g/mol. The Kier molecular flexibility index (Phi) is 3.90. The van der Waals surface area contributed by atoms with Crippen LogP contribution in [0.5, 0.6) is 0 Å². The second kappa shape index (κ2) is 5.08. The molecule has 0 amide bonds. The molecule has 0 unspecified atom stereocenters. The van der Waals surface area contributed by atoms with Gasteiger partial charge in [-0.1, -0.05) is 22.9 Å².